The number of amides is 1. The Labute approximate surface area is 217 Å². The van der Waals surface area contributed by atoms with Gasteiger partial charge in [-0.2, -0.15) is 0 Å². The molecule has 0 bridgehead atoms. The first-order chi connectivity index (χ1) is 17.9. The zero-order valence-corrected chi connectivity index (χ0v) is 21.9. The summed E-state index contributed by atoms with van der Waals surface area (Å²) < 4.78 is 13.4. The highest BCUT2D eigenvalue weighted by Gasteiger charge is 2.28. The van der Waals surface area contributed by atoms with E-state index in [-0.39, 0.29) is 17.5 Å². The quantitative estimate of drug-likeness (QED) is 0.494. The number of aromatic nitrogens is 1. The molecule has 192 valence electrons. The van der Waals surface area contributed by atoms with E-state index < -0.39 is 0 Å². The van der Waals surface area contributed by atoms with Crippen LogP contribution < -0.4 is 15.0 Å². The maximum atomic E-state index is 12.5. The summed E-state index contributed by atoms with van der Waals surface area (Å²) in [5.74, 6) is 1.72. The molecule has 1 aliphatic carbocycles. The number of carbonyl (C=O) groups excluding carboxylic acids is 1. The van der Waals surface area contributed by atoms with Gasteiger partial charge in [0.05, 0.1) is 13.2 Å². The molecule has 1 aromatic heterocycles. The summed E-state index contributed by atoms with van der Waals surface area (Å²) in [4.78, 5) is 28.7. The Morgan fingerprint density at radius 1 is 0.973 bits per heavy atom. The lowest BCUT2D eigenvalue weighted by Crippen LogP contribution is -2.55. The molecule has 37 heavy (non-hydrogen) atoms. The normalized spacial score (nSPS) is 17.2. The molecule has 2 aliphatic rings. The van der Waals surface area contributed by atoms with Crippen molar-refractivity contribution in [1.82, 2.24) is 14.4 Å². The molecule has 1 aliphatic heterocycles. The van der Waals surface area contributed by atoms with Crippen molar-refractivity contribution in [2.45, 2.75) is 19.4 Å². The van der Waals surface area contributed by atoms with Crippen LogP contribution in [0, 0.1) is 0 Å². The summed E-state index contributed by atoms with van der Waals surface area (Å²) >= 11 is 0. The van der Waals surface area contributed by atoms with E-state index in [0.29, 0.717) is 19.6 Å². The Kier molecular flexibility index (Phi) is 6.89. The summed E-state index contributed by atoms with van der Waals surface area (Å²) in [6, 6.07) is 14.1. The summed E-state index contributed by atoms with van der Waals surface area (Å²) in [6.45, 7) is 4.81. The van der Waals surface area contributed by atoms with E-state index in [1.807, 2.05) is 62.7 Å². The van der Waals surface area contributed by atoms with Gasteiger partial charge in [0, 0.05) is 56.6 Å². The number of nitrogens with zero attached hydrogens (tertiary/aromatic N) is 3. The number of likely N-dealkylation sites (N-methyl/N-ethyl adjacent to an activating group) is 1. The molecule has 0 saturated carbocycles. The van der Waals surface area contributed by atoms with E-state index in [4.69, 9.17) is 9.47 Å². The fourth-order valence-corrected chi connectivity index (χ4v) is 5.19. The Morgan fingerprint density at radius 2 is 1.73 bits per heavy atom. The lowest BCUT2D eigenvalue weighted by atomic mass is 9.96. The lowest BCUT2D eigenvalue weighted by Gasteiger charge is -2.37. The first-order valence-corrected chi connectivity index (χ1v) is 12.7. The topological polar surface area (TPSA) is 64.0 Å². The zero-order valence-electron chi connectivity index (χ0n) is 21.9. The maximum Gasteiger partial charge on any atom is 0.254 e. The molecule has 2 heterocycles. The number of fused-ring (bicyclic) bond motifs is 1. The summed E-state index contributed by atoms with van der Waals surface area (Å²) in [7, 11) is 5.32. The zero-order chi connectivity index (χ0) is 26.1. The molecule has 0 unspecified atom stereocenters. The molecule has 1 fully saturated rings. The number of hydrogen-bond acceptors (Lipinski definition) is 5. The molecule has 2 aromatic carbocycles. The first kappa shape index (κ1) is 24.8. The second kappa shape index (κ2) is 10.3. The van der Waals surface area contributed by atoms with Crippen LogP contribution in [0.5, 0.6) is 11.5 Å². The molecule has 1 atom stereocenters. The number of pyridine rings is 1. The Balaban J connectivity index is 1.30. The van der Waals surface area contributed by atoms with E-state index in [1.54, 1.807) is 23.6 Å². The van der Waals surface area contributed by atoms with Gasteiger partial charge in [0.1, 0.15) is 18.1 Å². The highest BCUT2D eigenvalue weighted by molar-refractivity contribution is 5.84. The molecular formula is C30H33N3O4. The van der Waals surface area contributed by atoms with Gasteiger partial charge in [0.2, 0.25) is 5.91 Å². The monoisotopic (exact) mass is 499 g/mol. The van der Waals surface area contributed by atoms with Crippen LogP contribution in [0.4, 0.5) is 0 Å². The summed E-state index contributed by atoms with van der Waals surface area (Å²) in [5, 5.41) is 0. The summed E-state index contributed by atoms with van der Waals surface area (Å²) in [6.07, 6.45) is 6.61. The predicted molar refractivity (Wildman–Crippen MR) is 146 cm³/mol. The number of piperazine rings is 1. The minimum atomic E-state index is -0.111. The smallest absolute Gasteiger partial charge is 0.254 e. The van der Waals surface area contributed by atoms with E-state index >= 15 is 0 Å². The van der Waals surface area contributed by atoms with Crippen molar-refractivity contribution in [2.75, 3.05) is 40.4 Å². The average Bonchev–Trinajstić information content (AvgIpc) is 3.41. The lowest BCUT2D eigenvalue weighted by molar-refractivity contribution is -0.139. The van der Waals surface area contributed by atoms with Crippen LogP contribution in [0.2, 0.25) is 0 Å². The van der Waals surface area contributed by atoms with Crippen LogP contribution in [0.15, 0.2) is 59.5 Å². The number of ether oxygens (including phenoxy) is 2. The first-order valence-electron chi connectivity index (χ1n) is 12.7. The fraction of sp³-hybridized carbons (Fsp3) is 0.333. The molecular weight excluding hydrogens is 466 g/mol. The number of benzene rings is 2. The number of aryl methyl sites for hydroxylation is 1. The number of hydrogen-bond donors (Lipinski definition) is 0. The van der Waals surface area contributed by atoms with Gasteiger partial charge in [-0.05, 0) is 54.3 Å². The molecule has 3 aromatic rings. The predicted octanol–water partition coefficient (Wildman–Crippen LogP) is 3.84. The van der Waals surface area contributed by atoms with Gasteiger partial charge in [-0.25, -0.2) is 0 Å². The number of rotatable bonds is 7. The number of carbonyl (C=O) groups is 1. The largest absolute Gasteiger partial charge is 0.496 e. The van der Waals surface area contributed by atoms with E-state index in [0.717, 1.165) is 58.0 Å². The maximum absolute atomic E-state index is 12.5. The number of allylic oxidation sites excluding steroid dienone is 1. The summed E-state index contributed by atoms with van der Waals surface area (Å²) in [5.41, 5.74) is 5.90. The molecule has 0 radical (unpaired) electrons. The number of methoxy groups -OCH3 is 1. The van der Waals surface area contributed by atoms with Crippen molar-refractivity contribution in [1.29, 1.82) is 0 Å². The molecule has 0 spiro atoms. The van der Waals surface area contributed by atoms with Gasteiger partial charge in [-0.3, -0.25) is 14.5 Å². The van der Waals surface area contributed by atoms with Gasteiger partial charge in [0.25, 0.3) is 5.56 Å². The second-order valence-electron chi connectivity index (χ2n) is 9.72. The van der Waals surface area contributed by atoms with Gasteiger partial charge < -0.3 is 18.9 Å². The van der Waals surface area contributed by atoms with Gasteiger partial charge in [-0.1, -0.05) is 30.4 Å². The van der Waals surface area contributed by atoms with E-state index in [1.165, 1.54) is 0 Å². The Bertz CT molecular complexity index is 1410. The van der Waals surface area contributed by atoms with Crippen LogP contribution in [-0.4, -0.2) is 66.7 Å². The van der Waals surface area contributed by atoms with Gasteiger partial charge in [0.15, 0.2) is 0 Å². The third-order valence-electron chi connectivity index (χ3n) is 7.45. The van der Waals surface area contributed by atoms with Crippen LogP contribution in [0.3, 0.4) is 0 Å². The molecule has 5 rings (SSSR count). The second-order valence-corrected chi connectivity index (χ2v) is 9.72. The third kappa shape index (κ3) is 4.79. The molecule has 7 nitrogen and oxygen atoms in total. The highest BCUT2D eigenvalue weighted by atomic mass is 16.5. The standard InChI is InChI=1S/C30H33N3O4/c1-20-29(34)31(2)14-15-33(20)16-17-37-23-11-8-21(9-12-23)22-10-13-25(28(18-22)36-4)27-19-32(3)30(35)26-7-5-6-24(26)27/h5-6,8-13,18-20H,7,14-17H2,1-4H3/t20-/m1/s1. The van der Waals surface area contributed by atoms with Crippen molar-refractivity contribution in [3.63, 3.8) is 0 Å². The Hall–Kier alpha value is -3.84. The average molecular weight is 500 g/mol. The SMILES string of the molecule is COc1cc(-c2ccc(OCCN3CCN(C)C(=O)[C@H]3C)cc2)ccc1-c1cn(C)c(=O)c2c1C=CC2. The minimum Gasteiger partial charge on any atom is -0.496 e. The van der Waals surface area contributed by atoms with Crippen molar-refractivity contribution in [2.24, 2.45) is 7.05 Å². The third-order valence-corrected chi connectivity index (χ3v) is 7.45. The van der Waals surface area contributed by atoms with Crippen LogP contribution in [-0.2, 0) is 18.3 Å². The van der Waals surface area contributed by atoms with Crippen molar-refractivity contribution < 1.29 is 14.3 Å². The molecule has 0 N–H and O–H groups in total. The van der Waals surface area contributed by atoms with Crippen LogP contribution in [0.25, 0.3) is 28.3 Å². The molecule has 7 heteroatoms. The van der Waals surface area contributed by atoms with Gasteiger partial charge >= 0.3 is 0 Å². The van der Waals surface area contributed by atoms with Crippen molar-refractivity contribution in [3.8, 4) is 33.8 Å². The van der Waals surface area contributed by atoms with Crippen molar-refractivity contribution >= 4 is 12.0 Å². The van der Waals surface area contributed by atoms with Crippen molar-refractivity contribution in [3.05, 3.63) is 76.2 Å². The molecule has 1 saturated heterocycles. The minimum absolute atomic E-state index is 0.0492. The highest BCUT2D eigenvalue weighted by Crippen LogP contribution is 2.38. The van der Waals surface area contributed by atoms with E-state index in [9.17, 15) is 9.59 Å². The van der Waals surface area contributed by atoms with E-state index in [2.05, 4.69) is 17.0 Å². The Morgan fingerprint density at radius 3 is 2.49 bits per heavy atom. The fourth-order valence-electron chi connectivity index (χ4n) is 5.19. The van der Waals surface area contributed by atoms with Crippen LogP contribution in [0.1, 0.15) is 18.1 Å². The van der Waals surface area contributed by atoms with Crippen LogP contribution >= 0.6 is 0 Å². The van der Waals surface area contributed by atoms with Gasteiger partial charge in [-0.15, -0.1) is 0 Å². The molecule has 1 amide bonds.